The molecule has 0 aromatic heterocycles. The number of carbonyl (C=O) groups excluding carboxylic acids is 3. The van der Waals surface area contributed by atoms with Crippen LogP contribution in [0.15, 0.2) is 0 Å². The van der Waals surface area contributed by atoms with Crippen LogP contribution in [0.4, 0.5) is 0 Å². The van der Waals surface area contributed by atoms with Gasteiger partial charge in [-0.1, -0.05) is 13.8 Å². The van der Waals surface area contributed by atoms with Gasteiger partial charge >= 0.3 is 5.97 Å². The predicted molar refractivity (Wildman–Crippen MR) is 83.0 cm³/mol. The third-order valence-corrected chi connectivity index (χ3v) is 3.11. The van der Waals surface area contributed by atoms with E-state index in [0.29, 0.717) is 6.42 Å². The van der Waals surface area contributed by atoms with E-state index in [-0.39, 0.29) is 18.8 Å². The van der Waals surface area contributed by atoms with E-state index in [0.717, 1.165) is 0 Å². The molecule has 0 rings (SSSR count). The van der Waals surface area contributed by atoms with Crippen molar-refractivity contribution in [3.05, 3.63) is 0 Å². The highest BCUT2D eigenvalue weighted by atomic mass is 16.4. The lowest BCUT2D eigenvalue weighted by Crippen LogP contribution is -2.53. The average molecular weight is 330 g/mol. The summed E-state index contributed by atoms with van der Waals surface area (Å²) in [5, 5.41) is 13.7. The Hall–Kier alpha value is -2.16. The Balaban J connectivity index is 4.53. The molecule has 0 aliphatic heterocycles. The highest BCUT2D eigenvalue weighted by Gasteiger charge is 2.25. The molecule has 132 valence electrons. The monoisotopic (exact) mass is 330 g/mol. The first-order valence-corrected chi connectivity index (χ1v) is 7.42. The van der Waals surface area contributed by atoms with Gasteiger partial charge in [0.2, 0.25) is 17.7 Å². The second-order valence-electron chi connectivity index (χ2n) is 5.87. The molecule has 0 heterocycles. The number of hydrogen-bond acceptors (Lipinski definition) is 5. The maximum absolute atomic E-state index is 11.9. The quantitative estimate of drug-likeness (QED) is 0.334. The summed E-state index contributed by atoms with van der Waals surface area (Å²) in [4.78, 5) is 45.5. The Bertz CT molecular complexity index is 452. The molecule has 0 radical (unpaired) electrons. The third kappa shape index (κ3) is 8.77. The minimum absolute atomic E-state index is 0.121. The van der Waals surface area contributed by atoms with Gasteiger partial charge in [0.15, 0.2) is 0 Å². The minimum Gasteiger partial charge on any atom is -0.480 e. The molecule has 0 bridgehead atoms. The van der Waals surface area contributed by atoms with E-state index < -0.39 is 41.8 Å². The zero-order valence-electron chi connectivity index (χ0n) is 13.7. The van der Waals surface area contributed by atoms with Crippen molar-refractivity contribution in [3.8, 4) is 0 Å². The van der Waals surface area contributed by atoms with Crippen LogP contribution in [0.3, 0.4) is 0 Å². The van der Waals surface area contributed by atoms with E-state index >= 15 is 0 Å². The first kappa shape index (κ1) is 20.8. The predicted octanol–water partition coefficient (Wildman–Crippen LogP) is -1.30. The maximum Gasteiger partial charge on any atom is 0.326 e. The number of amides is 3. The third-order valence-electron chi connectivity index (χ3n) is 3.11. The second-order valence-corrected chi connectivity index (χ2v) is 5.87. The first-order chi connectivity index (χ1) is 10.5. The number of hydrogen-bond donors (Lipinski definition) is 5. The van der Waals surface area contributed by atoms with Crippen LogP contribution < -0.4 is 22.1 Å². The van der Waals surface area contributed by atoms with Crippen molar-refractivity contribution in [1.29, 1.82) is 0 Å². The highest BCUT2D eigenvalue weighted by Crippen LogP contribution is 2.03. The molecule has 0 spiro atoms. The SMILES string of the molecule is CC(C)C[C@@H](N)C(=O)N[C@@H](C)C(=O)N[C@@H](CCC(N)=O)C(=O)O. The maximum atomic E-state index is 11.9. The Kier molecular flexibility index (Phi) is 8.86. The number of carbonyl (C=O) groups is 4. The summed E-state index contributed by atoms with van der Waals surface area (Å²) in [6.07, 6.45) is 0.178. The molecule has 0 aliphatic rings. The van der Waals surface area contributed by atoms with Crippen LogP contribution in [0.5, 0.6) is 0 Å². The highest BCUT2D eigenvalue weighted by molar-refractivity contribution is 5.91. The van der Waals surface area contributed by atoms with Crippen LogP contribution in [-0.2, 0) is 19.2 Å². The standard InChI is InChI=1S/C14H26N4O5/c1-7(2)6-9(15)13(21)17-8(3)12(20)18-10(14(22)23)4-5-11(16)19/h7-10H,4-6,15H2,1-3H3,(H2,16,19)(H,17,21)(H,18,20)(H,22,23)/t8-,9+,10-/m0/s1. The van der Waals surface area contributed by atoms with E-state index in [4.69, 9.17) is 16.6 Å². The lowest BCUT2D eigenvalue weighted by molar-refractivity contribution is -0.142. The molecule has 0 aliphatic carbocycles. The molecule has 0 saturated heterocycles. The zero-order chi connectivity index (χ0) is 18.2. The number of nitrogens with two attached hydrogens (primary N) is 2. The van der Waals surface area contributed by atoms with Gasteiger partial charge in [0.05, 0.1) is 6.04 Å². The molecule has 0 fully saturated rings. The fourth-order valence-electron chi connectivity index (χ4n) is 1.84. The normalized spacial score (nSPS) is 14.7. The summed E-state index contributed by atoms with van der Waals surface area (Å²) in [5.74, 6) is -2.87. The largest absolute Gasteiger partial charge is 0.480 e. The minimum atomic E-state index is -1.28. The van der Waals surface area contributed by atoms with Crippen molar-refractivity contribution in [3.63, 3.8) is 0 Å². The molecule has 3 amide bonds. The molecule has 7 N–H and O–H groups in total. The summed E-state index contributed by atoms with van der Waals surface area (Å²) in [6, 6.07) is -2.94. The number of carboxylic acids is 1. The topological polar surface area (TPSA) is 165 Å². The fraction of sp³-hybridized carbons (Fsp3) is 0.714. The molecule has 23 heavy (non-hydrogen) atoms. The molecule has 9 nitrogen and oxygen atoms in total. The van der Waals surface area contributed by atoms with Crippen LogP contribution in [0.25, 0.3) is 0 Å². The first-order valence-electron chi connectivity index (χ1n) is 7.42. The van der Waals surface area contributed by atoms with Crippen molar-refractivity contribution in [2.75, 3.05) is 0 Å². The van der Waals surface area contributed by atoms with Gasteiger partial charge in [-0.25, -0.2) is 4.79 Å². The van der Waals surface area contributed by atoms with Gasteiger partial charge in [0.1, 0.15) is 12.1 Å². The van der Waals surface area contributed by atoms with Crippen LogP contribution in [-0.4, -0.2) is 46.9 Å². The number of primary amides is 1. The van der Waals surface area contributed by atoms with Crippen molar-refractivity contribution in [2.24, 2.45) is 17.4 Å². The average Bonchev–Trinajstić information content (AvgIpc) is 2.41. The van der Waals surface area contributed by atoms with Gasteiger partial charge in [-0.05, 0) is 25.7 Å². The van der Waals surface area contributed by atoms with Crippen LogP contribution in [0.2, 0.25) is 0 Å². The zero-order valence-corrected chi connectivity index (χ0v) is 13.7. The van der Waals surface area contributed by atoms with Gasteiger partial charge in [-0.15, -0.1) is 0 Å². The van der Waals surface area contributed by atoms with E-state index in [1.165, 1.54) is 6.92 Å². The van der Waals surface area contributed by atoms with Gasteiger partial charge in [0, 0.05) is 6.42 Å². The molecule has 0 aromatic rings. The summed E-state index contributed by atoms with van der Waals surface area (Å²) >= 11 is 0. The molecular weight excluding hydrogens is 304 g/mol. The van der Waals surface area contributed by atoms with Crippen LogP contribution in [0.1, 0.15) is 40.0 Å². The van der Waals surface area contributed by atoms with Gasteiger partial charge in [0.25, 0.3) is 0 Å². The summed E-state index contributed by atoms with van der Waals surface area (Å²) in [7, 11) is 0. The summed E-state index contributed by atoms with van der Waals surface area (Å²) in [5.41, 5.74) is 10.7. The Morgan fingerprint density at radius 3 is 2.04 bits per heavy atom. The Morgan fingerprint density at radius 2 is 1.61 bits per heavy atom. The van der Waals surface area contributed by atoms with Gasteiger partial charge in [-0.3, -0.25) is 14.4 Å². The number of aliphatic carboxylic acids is 1. The van der Waals surface area contributed by atoms with Crippen LogP contribution >= 0.6 is 0 Å². The van der Waals surface area contributed by atoms with Crippen molar-refractivity contribution >= 4 is 23.7 Å². The smallest absolute Gasteiger partial charge is 0.326 e. The molecule has 0 aromatic carbocycles. The van der Waals surface area contributed by atoms with Gasteiger partial charge < -0.3 is 27.2 Å². The summed E-state index contributed by atoms with van der Waals surface area (Å²) in [6.45, 7) is 5.25. The van der Waals surface area contributed by atoms with Crippen molar-refractivity contribution in [1.82, 2.24) is 10.6 Å². The van der Waals surface area contributed by atoms with E-state index in [2.05, 4.69) is 10.6 Å². The van der Waals surface area contributed by atoms with E-state index in [1.54, 1.807) is 0 Å². The number of nitrogens with one attached hydrogen (secondary N) is 2. The number of carboxylic acid groups (broad SMARTS) is 1. The molecular formula is C14H26N4O5. The second kappa shape index (κ2) is 9.78. The lowest BCUT2D eigenvalue weighted by atomic mass is 10.0. The number of rotatable bonds is 10. The Morgan fingerprint density at radius 1 is 1.04 bits per heavy atom. The molecule has 3 atom stereocenters. The van der Waals surface area contributed by atoms with Crippen molar-refractivity contribution < 1.29 is 24.3 Å². The van der Waals surface area contributed by atoms with Crippen molar-refractivity contribution in [2.45, 2.75) is 58.2 Å². The van der Waals surface area contributed by atoms with Crippen LogP contribution in [0, 0.1) is 5.92 Å². The lowest BCUT2D eigenvalue weighted by Gasteiger charge is -2.20. The fourth-order valence-corrected chi connectivity index (χ4v) is 1.84. The molecule has 0 saturated carbocycles. The molecule has 0 unspecified atom stereocenters. The van der Waals surface area contributed by atoms with Gasteiger partial charge in [-0.2, -0.15) is 0 Å². The summed E-state index contributed by atoms with van der Waals surface area (Å²) < 4.78 is 0. The Labute approximate surface area is 135 Å². The molecule has 9 heteroatoms. The van der Waals surface area contributed by atoms with E-state index in [1.807, 2.05) is 13.8 Å². The van der Waals surface area contributed by atoms with E-state index in [9.17, 15) is 19.2 Å².